The molecule has 0 fully saturated rings. The Bertz CT molecular complexity index is 663. The molecule has 1 heterocycles. The minimum absolute atomic E-state index is 0.161. The number of carbonyl (C=O) groups excluding carboxylic acids is 1. The summed E-state index contributed by atoms with van der Waals surface area (Å²) < 4.78 is 1.81. The Labute approximate surface area is 128 Å². The molecule has 0 aliphatic heterocycles. The van der Waals surface area contributed by atoms with Crippen molar-refractivity contribution < 1.29 is 4.79 Å². The summed E-state index contributed by atoms with van der Waals surface area (Å²) in [4.78, 5) is 11.7. The van der Waals surface area contributed by atoms with Crippen LogP contribution in [0.25, 0.3) is 0 Å². The summed E-state index contributed by atoms with van der Waals surface area (Å²) in [5.74, 6) is -0.161. The monoisotopic (exact) mass is 304 g/mol. The Balaban J connectivity index is 1.83. The number of amides is 1. The maximum atomic E-state index is 11.7. The van der Waals surface area contributed by atoms with Crippen molar-refractivity contribution in [3.63, 3.8) is 0 Å². The van der Waals surface area contributed by atoms with Crippen molar-refractivity contribution in [3.8, 4) is 0 Å². The molecular weight excluding hydrogens is 288 g/mol. The molecule has 2 aromatic rings. The highest BCUT2D eigenvalue weighted by atomic mass is 35.5. The van der Waals surface area contributed by atoms with Crippen molar-refractivity contribution in [2.75, 3.05) is 0 Å². The number of benzene rings is 1. The molecule has 5 nitrogen and oxygen atoms in total. The molecular formula is C15H17ClN4O. The van der Waals surface area contributed by atoms with Crippen LogP contribution in [-0.4, -0.2) is 21.9 Å². The van der Waals surface area contributed by atoms with Gasteiger partial charge in [-0.2, -0.15) is 10.2 Å². The van der Waals surface area contributed by atoms with E-state index in [1.807, 2.05) is 42.8 Å². The lowest BCUT2D eigenvalue weighted by Crippen LogP contribution is -2.20. The molecule has 2 rings (SSSR count). The summed E-state index contributed by atoms with van der Waals surface area (Å²) in [6.45, 7) is 4.43. The summed E-state index contributed by atoms with van der Waals surface area (Å²) >= 11 is 5.98. The van der Waals surface area contributed by atoms with E-state index in [2.05, 4.69) is 15.6 Å². The molecule has 0 atom stereocenters. The van der Waals surface area contributed by atoms with E-state index in [0.29, 0.717) is 18.0 Å². The van der Waals surface area contributed by atoms with Crippen LogP contribution in [-0.2, 0) is 11.3 Å². The average molecular weight is 305 g/mol. The van der Waals surface area contributed by atoms with Gasteiger partial charge in [-0.25, -0.2) is 5.43 Å². The highest BCUT2D eigenvalue weighted by Crippen LogP contribution is 2.12. The van der Waals surface area contributed by atoms with Gasteiger partial charge in [-0.05, 0) is 26.0 Å². The van der Waals surface area contributed by atoms with Gasteiger partial charge in [-0.3, -0.25) is 9.48 Å². The predicted molar refractivity (Wildman–Crippen MR) is 83.5 cm³/mol. The molecule has 0 aliphatic rings. The lowest BCUT2D eigenvalue weighted by atomic mass is 10.2. The van der Waals surface area contributed by atoms with Gasteiger partial charge in [-0.1, -0.05) is 29.8 Å². The van der Waals surface area contributed by atoms with Crippen LogP contribution < -0.4 is 5.43 Å². The number of rotatable bonds is 5. The zero-order valence-electron chi connectivity index (χ0n) is 12.0. The summed E-state index contributed by atoms with van der Waals surface area (Å²) in [7, 11) is 0. The van der Waals surface area contributed by atoms with Gasteiger partial charge in [0.1, 0.15) is 0 Å². The predicted octanol–water partition coefficient (Wildman–Crippen LogP) is 2.69. The molecule has 1 aromatic heterocycles. The molecule has 1 amide bonds. The van der Waals surface area contributed by atoms with Crippen molar-refractivity contribution in [1.29, 1.82) is 0 Å². The number of aromatic nitrogens is 2. The van der Waals surface area contributed by atoms with Crippen LogP contribution in [0.5, 0.6) is 0 Å². The smallest absolute Gasteiger partial charge is 0.241 e. The van der Waals surface area contributed by atoms with Crippen molar-refractivity contribution >= 4 is 23.7 Å². The van der Waals surface area contributed by atoms with E-state index in [1.54, 1.807) is 6.07 Å². The van der Waals surface area contributed by atoms with E-state index in [0.717, 1.165) is 17.0 Å². The van der Waals surface area contributed by atoms with Crippen molar-refractivity contribution in [1.82, 2.24) is 15.2 Å². The number of hydrogen-bond donors (Lipinski definition) is 1. The van der Waals surface area contributed by atoms with Crippen molar-refractivity contribution in [3.05, 3.63) is 52.3 Å². The maximum absolute atomic E-state index is 11.7. The van der Waals surface area contributed by atoms with E-state index in [9.17, 15) is 4.79 Å². The summed E-state index contributed by atoms with van der Waals surface area (Å²) in [5.41, 5.74) is 5.24. The molecule has 0 spiro atoms. The molecule has 21 heavy (non-hydrogen) atoms. The minimum Gasteiger partial charge on any atom is -0.273 e. The molecule has 1 N–H and O–H groups in total. The molecule has 0 saturated heterocycles. The first-order valence-electron chi connectivity index (χ1n) is 6.64. The first kappa shape index (κ1) is 15.3. The summed E-state index contributed by atoms with van der Waals surface area (Å²) in [5, 5.41) is 8.80. The zero-order valence-corrected chi connectivity index (χ0v) is 12.8. The largest absolute Gasteiger partial charge is 0.273 e. The van der Waals surface area contributed by atoms with E-state index in [-0.39, 0.29) is 5.91 Å². The molecule has 6 heteroatoms. The quantitative estimate of drug-likeness (QED) is 0.682. The van der Waals surface area contributed by atoms with Crippen LogP contribution >= 0.6 is 11.6 Å². The van der Waals surface area contributed by atoms with Crippen LogP contribution in [0.15, 0.2) is 35.4 Å². The minimum atomic E-state index is -0.161. The lowest BCUT2D eigenvalue weighted by molar-refractivity contribution is -0.121. The Morgan fingerprint density at radius 1 is 1.43 bits per heavy atom. The fourth-order valence-electron chi connectivity index (χ4n) is 1.92. The second-order valence-electron chi connectivity index (χ2n) is 4.71. The van der Waals surface area contributed by atoms with E-state index >= 15 is 0 Å². The Hall–Kier alpha value is -2.14. The van der Waals surface area contributed by atoms with Crippen LogP contribution in [0, 0.1) is 13.8 Å². The van der Waals surface area contributed by atoms with E-state index < -0.39 is 0 Å². The summed E-state index contributed by atoms with van der Waals surface area (Å²) in [6, 6.07) is 9.28. The van der Waals surface area contributed by atoms with Gasteiger partial charge in [0.15, 0.2) is 0 Å². The number of halogens is 1. The molecule has 0 unspecified atom stereocenters. The van der Waals surface area contributed by atoms with Crippen LogP contribution in [0.2, 0.25) is 5.02 Å². The van der Waals surface area contributed by atoms with Gasteiger partial charge >= 0.3 is 0 Å². The zero-order chi connectivity index (χ0) is 15.2. The number of hydrazone groups is 1. The van der Waals surface area contributed by atoms with Crippen LogP contribution in [0.4, 0.5) is 0 Å². The van der Waals surface area contributed by atoms with Gasteiger partial charge in [0.25, 0.3) is 0 Å². The van der Waals surface area contributed by atoms with Gasteiger partial charge < -0.3 is 0 Å². The molecule has 0 radical (unpaired) electrons. The molecule has 0 aliphatic carbocycles. The van der Waals surface area contributed by atoms with E-state index in [4.69, 9.17) is 11.6 Å². The number of carbonyl (C=O) groups is 1. The van der Waals surface area contributed by atoms with Gasteiger partial charge in [0.05, 0.1) is 18.5 Å². The van der Waals surface area contributed by atoms with Crippen LogP contribution in [0.3, 0.4) is 0 Å². The lowest BCUT2D eigenvalue weighted by Gasteiger charge is -2.03. The third-order valence-electron chi connectivity index (χ3n) is 2.95. The Kier molecular flexibility index (Phi) is 5.11. The van der Waals surface area contributed by atoms with Crippen molar-refractivity contribution in [2.24, 2.45) is 5.10 Å². The number of nitrogens with zero attached hydrogens (tertiary/aromatic N) is 3. The van der Waals surface area contributed by atoms with Gasteiger partial charge in [0.2, 0.25) is 5.91 Å². The molecule has 1 aromatic carbocycles. The Morgan fingerprint density at radius 3 is 2.86 bits per heavy atom. The third kappa shape index (κ3) is 4.43. The average Bonchev–Trinajstić information content (AvgIpc) is 2.77. The fourth-order valence-corrected chi connectivity index (χ4v) is 2.10. The van der Waals surface area contributed by atoms with E-state index in [1.165, 1.54) is 6.21 Å². The number of hydrogen-bond acceptors (Lipinski definition) is 3. The number of nitrogens with one attached hydrogen (secondary N) is 1. The fraction of sp³-hybridized carbons (Fsp3) is 0.267. The highest BCUT2D eigenvalue weighted by molar-refractivity contribution is 6.33. The SMILES string of the molecule is Cc1cc(C)n(CCC(=O)N/N=C\c2ccccc2Cl)n1. The first-order chi connectivity index (χ1) is 10.1. The standard InChI is InChI=1S/C15H17ClN4O/c1-11-9-12(2)20(19-11)8-7-15(21)18-17-10-13-5-3-4-6-14(13)16/h3-6,9-10H,7-8H2,1-2H3,(H,18,21)/b17-10-. The number of aryl methyl sites for hydroxylation is 3. The first-order valence-corrected chi connectivity index (χ1v) is 7.01. The normalized spacial score (nSPS) is 11.0. The third-order valence-corrected chi connectivity index (χ3v) is 3.30. The van der Waals surface area contributed by atoms with Gasteiger partial charge in [0, 0.05) is 22.7 Å². The topological polar surface area (TPSA) is 59.3 Å². The maximum Gasteiger partial charge on any atom is 0.241 e. The second-order valence-corrected chi connectivity index (χ2v) is 5.12. The summed E-state index contributed by atoms with van der Waals surface area (Å²) in [6.07, 6.45) is 1.85. The van der Waals surface area contributed by atoms with Gasteiger partial charge in [-0.15, -0.1) is 0 Å². The van der Waals surface area contributed by atoms with Crippen molar-refractivity contribution in [2.45, 2.75) is 26.8 Å². The molecule has 0 saturated carbocycles. The second kappa shape index (κ2) is 7.04. The Morgan fingerprint density at radius 2 is 2.19 bits per heavy atom. The molecule has 110 valence electrons. The van der Waals surface area contributed by atoms with Crippen LogP contribution in [0.1, 0.15) is 23.4 Å². The molecule has 0 bridgehead atoms. The highest BCUT2D eigenvalue weighted by Gasteiger charge is 2.04.